The van der Waals surface area contributed by atoms with Crippen LogP contribution in [0.15, 0.2) is 42.9 Å². The maximum Gasteiger partial charge on any atom is 0.416 e. The quantitative estimate of drug-likeness (QED) is 0.527. The van der Waals surface area contributed by atoms with Gasteiger partial charge in [0.05, 0.1) is 29.6 Å². The van der Waals surface area contributed by atoms with Crippen molar-refractivity contribution in [2.45, 2.75) is 39.0 Å². The molecule has 2 N–H and O–H groups in total. The highest BCUT2D eigenvalue weighted by molar-refractivity contribution is 5.76. The van der Waals surface area contributed by atoms with Crippen molar-refractivity contribution in [3.8, 4) is 11.3 Å². The van der Waals surface area contributed by atoms with Crippen LogP contribution in [0.5, 0.6) is 0 Å². The molecule has 0 aliphatic carbocycles. The molecule has 0 unspecified atom stereocenters. The Morgan fingerprint density at radius 3 is 2.64 bits per heavy atom. The van der Waals surface area contributed by atoms with Crippen molar-refractivity contribution in [2.75, 3.05) is 19.0 Å². The molecule has 0 atom stereocenters. The molecule has 3 aromatic heterocycles. The number of halogens is 3. The van der Waals surface area contributed by atoms with Gasteiger partial charge >= 0.3 is 6.18 Å². The van der Waals surface area contributed by atoms with Gasteiger partial charge in [-0.3, -0.25) is 9.48 Å². The fraction of sp³-hybridized carbons (Fsp3) is 0.364. The van der Waals surface area contributed by atoms with Crippen LogP contribution < -0.4 is 10.6 Å². The van der Waals surface area contributed by atoms with Crippen LogP contribution in [-0.2, 0) is 22.3 Å². The molecule has 3 rings (SSSR count). The second kappa shape index (κ2) is 9.57. The maximum atomic E-state index is 13.0. The molecular weight excluding hydrogens is 437 g/mol. The summed E-state index contributed by atoms with van der Waals surface area (Å²) in [5.74, 6) is 0.144. The average Bonchev–Trinajstić information content (AvgIpc) is 3.15. The first-order valence-corrected chi connectivity index (χ1v) is 10.1. The lowest BCUT2D eigenvalue weighted by molar-refractivity contribution is -0.137. The normalized spacial score (nSPS) is 12.0. The molecule has 0 aliphatic heterocycles. The summed E-state index contributed by atoms with van der Waals surface area (Å²) in [4.78, 5) is 20.7. The highest BCUT2D eigenvalue weighted by atomic mass is 19.4. The van der Waals surface area contributed by atoms with Gasteiger partial charge in [0.1, 0.15) is 18.2 Å². The van der Waals surface area contributed by atoms with E-state index >= 15 is 0 Å². The van der Waals surface area contributed by atoms with E-state index in [-0.39, 0.29) is 18.3 Å². The third-order valence-electron chi connectivity index (χ3n) is 4.53. The fourth-order valence-electron chi connectivity index (χ4n) is 3.23. The number of rotatable bonds is 8. The van der Waals surface area contributed by atoms with E-state index in [9.17, 15) is 18.0 Å². The molecule has 0 spiro atoms. The van der Waals surface area contributed by atoms with Crippen molar-refractivity contribution in [3.05, 3.63) is 54.0 Å². The van der Waals surface area contributed by atoms with E-state index in [1.807, 2.05) is 26.8 Å². The first-order valence-electron chi connectivity index (χ1n) is 10.1. The van der Waals surface area contributed by atoms with Crippen LogP contribution in [0.1, 0.15) is 25.0 Å². The molecule has 1 amide bonds. The van der Waals surface area contributed by atoms with Crippen molar-refractivity contribution in [3.63, 3.8) is 0 Å². The molecule has 3 heterocycles. The average molecular weight is 462 g/mol. The van der Waals surface area contributed by atoms with Gasteiger partial charge in [-0.15, -0.1) is 0 Å². The van der Waals surface area contributed by atoms with Crippen LogP contribution in [0.3, 0.4) is 0 Å². The van der Waals surface area contributed by atoms with Crippen LogP contribution in [0, 0.1) is 6.92 Å². The molecule has 0 aromatic carbocycles. The smallest absolute Gasteiger partial charge is 0.382 e. The number of anilines is 2. The summed E-state index contributed by atoms with van der Waals surface area (Å²) in [5, 5.41) is 9.91. The number of amides is 1. The monoisotopic (exact) mass is 462 g/mol. The minimum atomic E-state index is -4.47. The van der Waals surface area contributed by atoms with Crippen LogP contribution in [0.25, 0.3) is 11.3 Å². The Bertz CT molecular complexity index is 1130. The lowest BCUT2D eigenvalue weighted by Crippen LogP contribution is -2.47. The van der Waals surface area contributed by atoms with Gasteiger partial charge in [0.15, 0.2) is 0 Å². The zero-order valence-electron chi connectivity index (χ0n) is 18.7. The summed E-state index contributed by atoms with van der Waals surface area (Å²) in [5.41, 5.74) is 0.721. The zero-order valence-corrected chi connectivity index (χ0v) is 18.7. The number of carbonyl (C=O) groups excluding carboxylic acids is 1. The molecular formula is C22H25F3N6O2. The number of alkyl halides is 3. The van der Waals surface area contributed by atoms with E-state index in [1.54, 1.807) is 25.6 Å². The topological polar surface area (TPSA) is 94.0 Å². The van der Waals surface area contributed by atoms with Gasteiger partial charge in [-0.1, -0.05) is 0 Å². The number of ether oxygens (including phenoxy) is 1. The summed E-state index contributed by atoms with van der Waals surface area (Å²) in [6.07, 6.45) is -0.131. The minimum absolute atomic E-state index is 0.0121. The second-order valence-corrected chi connectivity index (χ2v) is 8.26. The molecule has 0 saturated carbocycles. The van der Waals surface area contributed by atoms with Gasteiger partial charge < -0.3 is 15.4 Å². The minimum Gasteiger partial charge on any atom is -0.382 e. The lowest BCUT2D eigenvalue weighted by atomic mass is 10.1. The van der Waals surface area contributed by atoms with Gasteiger partial charge in [0, 0.05) is 25.1 Å². The molecule has 0 bridgehead atoms. The van der Waals surface area contributed by atoms with Crippen molar-refractivity contribution in [2.24, 2.45) is 0 Å². The van der Waals surface area contributed by atoms with Gasteiger partial charge in [0.2, 0.25) is 5.91 Å². The van der Waals surface area contributed by atoms with E-state index in [4.69, 9.17) is 4.74 Å². The summed E-state index contributed by atoms with van der Waals surface area (Å²) in [6, 6.07) is 5.34. The summed E-state index contributed by atoms with van der Waals surface area (Å²) in [7, 11) is 1.56. The standard InChI is InChI=1S/C22H25F3N6O2/c1-14-7-17(15-10-27-31(11-15)12-20(32)30-21(2,3)13-33-4)28-19(8-14)29-18-9-16(5-6-26-18)22(23,24)25/h5-11H,12-13H2,1-4H3,(H,30,32)(H,26,28,29). The number of aryl methyl sites for hydroxylation is 1. The molecule has 3 aromatic rings. The first kappa shape index (κ1) is 24.2. The lowest BCUT2D eigenvalue weighted by Gasteiger charge is -2.25. The van der Waals surface area contributed by atoms with E-state index in [2.05, 4.69) is 25.7 Å². The first-order chi connectivity index (χ1) is 15.4. The molecule has 0 aliphatic rings. The Morgan fingerprint density at radius 2 is 1.94 bits per heavy atom. The molecule has 33 heavy (non-hydrogen) atoms. The van der Waals surface area contributed by atoms with Gasteiger partial charge in [-0.05, 0) is 50.6 Å². The Kier molecular flexibility index (Phi) is 7.01. The molecule has 0 saturated heterocycles. The van der Waals surface area contributed by atoms with E-state index in [0.717, 1.165) is 23.9 Å². The summed E-state index contributed by atoms with van der Waals surface area (Å²) < 4.78 is 45.5. The summed E-state index contributed by atoms with van der Waals surface area (Å²) in [6.45, 7) is 5.93. The predicted octanol–water partition coefficient (Wildman–Crippen LogP) is 3.95. The summed E-state index contributed by atoms with van der Waals surface area (Å²) >= 11 is 0. The highest BCUT2D eigenvalue weighted by Gasteiger charge is 2.30. The SMILES string of the molecule is COCC(C)(C)NC(=O)Cn1cc(-c2cc(C)cc(Nc3cc(C(F)(F)F)ccn3)n2)cn1. The maximum absolute atomic E-state index is 13.0. The van der Waals surface area contributed by atoms with Crippen molar-refractivity contribution in [1.82, 2.24) is 25.1 Å². The highest BCUT2D eigenvalue weighted by Crippen LogP contribution is 2.30. The van der Waals surface area contributed by atoms with Crippen molar-refractivity contribution < 1.29 is 22.7 Å². The Labute approximate surface area is 189 Å². The van der Waals surface area contributed by atoms with Gasteiger partial charge in [-0.2, -0.15) is 18.3 Å². The number of nitrogens with zero attached hydrogens (tertiary/aromatic N) is 4. The number of nitrogens with one attached hydrogen (secondary N) is 2. The second-order valence-electron chi connectivity index (χ2n) is 8.26. The van der Waals surface area contributed by atoms with Crippen molar-refractivity contribution >= 4 is 17.5 Å². The van der Waals surface area contributed by atoms with Crippen molar-refractivity contribution in [1.29, 1.82) is 0 Å². The van der Waals surface area contributed by atoms with Gasteiger partial charge in [0.25, 0.3) is 0 Å². The number of pyridine rings is 2. The Balaban J connectivity index is 1.75. The Hall–Kier alpha value is -3.47. The van der Waals surface area contributed by atoms with E-state index in [0.29, 0.717) is 23.7 Å². The molecule has 0 fully saturated rings. The number of hydrogen-bond donors (Lipinski definition) is 2. The zero-order chi connectivity index (χ0) is 24.2. The fourth-order valence-corrected chi connectivity index (χ4v) is 3.23. The van der Waals surface area contributed by atoms with Crippen LogP contribution in [0.4, 0.5) is 24.8 Å². The van der Waals surface area contributed by atoms with Crippen LogP contribution >= 0.6 is 0 Å². The molecule has 11 heteroatoms. The number of carbonyl (C=O) groups is 1. The number of aromatic nitrogens is 4. The third-order valence-corrected chi connectivity index (χ3v) is 4.53. The molecule has 176 valence electrons. The molecule has 0 radical (unpaired) electrons. The largest absolute Gasteiger partial charge is 0.416 e. The number of methoxy groups -OCH3 is 1. The third kappa shape index (κ3) is 6.75. The van der Waals surface area contributed by atoms with E-state index < -0.39 is 17.3 Å². The molecule has 8 nitrogen and oxygen atoms in total. The van der Waals surface area contributed by atoms with Crippen LogP contribution in [-0.4, -0.2) is 44.9 Å². The van der Waals surface area contributed by atoms with Gasteiger partial charge in [-0.25, -0.2) is 9.97 Å². The Morgan fingerprint density at radius 1 is 1.18 bits per heavy atom. The van der Waals surface area contributed by atoms with Crippen LogP contribution in [0.2, 0.25) is 0 Å². The van der Waals surface area contributed by atoms with E-state index in [1.165, 1.54) is 4.68 Å². The predicted molar refractivity (Wildman–Crippen MR) is 117 cm³/mol. The number of hydrogen-bond acceptors (Lipinski definition) is 6.